The number of carbonyl (C=O) groups is 1. The van der Waals surface area contributed by atoms with Gasteiger partial charge in [0.25, 0.3) is 5.91 Å². The molecule has 7 heteroatoms. The number of methoxy groups -OCH3 is 1. The van der Waals surface area contributed by atoms with E-state index >= 15 is 0 Å². The maximum absolute atomic E-state index is 12.4. The molecule has 3 aromatic carbocycles. The molecule has 2 N–H and O–H groups in total. The number of ether oxygens (including phenoxy) is 3. The number of aryl methyl sites for hydroxylation is 1. The number of carbonyl (C=O) groups excluding carboxylic acids is 1. The molecule has 1 amide bonds. The summed E-state index contributed by atoms with van der Waals surface area (Å²) < 4.78 is 16.8. The smallest absolute Gasteiger partial charge is 0.262 e. The Balaban J connectivity index is 1.37. The van der Waals surface area contributed by atoms with Gasteiger partial charge in [-0.05, 0) is 49.4 Å². The molecule has 1 fully saturated rings. The van der Waals surface area contributed by atoms with Gasteiger partial charge in [0.2, 0.25) is 0 Å². The third-order valence-electron chi connectivity index (χ3n) is 5.69. The van der Waals surface area contributed by atoms with Gasteiger partial charge in [-0.1, -0.05) is 29.8 Å². The van der Waals surface area contributed by atoms with Crippen molar-refractivity contribution < 1.29 is 19.0 Å². The third-order valence-corrected chi connectivity index (χ3v) is 5.69. The molecule has 0 spiro atoms. The van der Waals surface area contributed by atoms with Gasteiger partial charge in [0.15, 0.2) is 18.1 Å². The molecular formula is C27H31N3O4. The second kappa shape index (κ2) is 11.4. The van der Waals surface area contributed by atoms with E-state index in [1.54, 1.807) is 7.11 Å². The number of amides is 1. The first-order valence-corrected chi connectivity index (χ1v) is 11.4. The van der Waals surface area contributed by atoms with Gasteiger partial charge < -0.3 is 29.7 Å². The summed E-state index contributed by atoms with van der Waals surface area (Å²) in [5.41, 5.74) is 4.97. The van der Waals surface area contributed by atoms with Gasteiger partial charge in [-0.3, -0.25) is 4.79 Å². The Hall–Kier alpha value is -3.71. The van der Waals surface area contributed by atoms with Crippen LogP contribution in [0.4, 0.5) is 17.1 Å². The fraction of sp³-hybridized carbons (Fsp3) is 0.296. The first-order chi connectivity index (χ1) is 16.6. The number of anilines is 3. The van der Waals surface area contributed by atoms with Crippen LogP contribution in [0.25, 0.3) is 0 Å². The molecule has 0 aromatic heterocycles. The van der Waals surface area contributed by atoms with E-state index in [4.69, 9.17) is 14.2 Å². The number of hydrogen-bond donors (Lipinski definition) is 2. The first kappa shape index (κ1) is 23.4. The van der Waals surface area contributed by atoms with Crippen LogP contribution in [0.5, 0.6) is 11.5 Å². The van der Waals surface area contributed by atoms with Crippen molar-refractivity contribution in [1.82, 2.24) is 0 Å². The lowest BCUT2D eigenvalue weighted by molar-refractivity contribution is -0.118. The molecule has 0 unspecified atom stereocenters. The van der Waals surface area contributed by atoms with E-state index in [9.17, 15) is 4.79 Å². The average molecular weight is 462 g/mol. The fourth-order valence-electron chi connectivity index (χ4n) is 3.81. The molecule has 7 nitrogen and oxygen atoms in total. The first-order valence-electron chi connectivity index (χ1n) is 11.4. The van der Waals surface area contributed by atoms with E-state index in [2.05, 4.69) is 39.8 Å². The lowest BCUT2D eigenvalue weighted by Gasteiger charge is -2.29. The summed E-state index contributed by atoms with van der Waals surface area (Å²) in [7, 11) is 1.59. The van der Waals surface area contributed by atoms with Crippen molar-refractivity contribution in [2.45, 2.75) is 13.5 Å². The summed E-state index contributed by atoms with van der Waals surface area (Å²) in [4.78, 5) is 14.7. The zero-order chi connectivity index (χ0) is 23.8. The van der Waals surface area contributed by atoms with E-state index in [0.717, 1.165) is 48.8 Å². The highest BCUT2D eigenvalue weighted by Crippen LogP contribution is 2.32. The Kier molecular flexibility index (Phi) is 7.88. The van der Waals surface area contributed by atoms with Crippen LogP contribution in [0, 0.1) is 6.92 Å². The number of rotatable bonds is 9. The van der Waals surface area contributed by atoms with Crippen LogP contribution in [0.15, 0.2) is 66.7 Å². The molecule has 0 bridgehead atoms. The normalized spacial score (nSPS) is 13.3. The molecule has 0 saturated carbocycles. The van der Waals surface area contributed by atoms with E-state index in [1.165, 1.54) is 5.69 Å². The van der Waals surface area contributed by atoms with Gasteiger partial charge in [-0.25, -0.2) is 0 Å². The second-order valence-electron chi connectivity index (χ2n) is 8.15. The maximum Gasteiger partial charge on any atom is 0.262 e. The summed E-state index contributed by atoms with van der Waals surface area (Å²) in [6, 6.07) is 21.7. The standard InChI is InChI=1S/C27H31N3O4/c1-20-6-8-23(9-7-20)29-26(31)19-34-27-21(4-3-5-25(27)32-2)18-28-22-10-12-24(13-11-22)30-14-16-33-17-15-30/h3-13,28H,14-19H2,1-2H3,(H,29,31). The quantitative estimate of drug-likeness (QED) is 0.490. The summed E-state index contributed by atoms with van der Waals surface area (Å²) in [5, 5.41) is 6.29. The monoisotopic (exact) mass is 461 g/mol. The predicted molar refractivity (Wildman–Crippen MR) is 135 cm³/mol. The fourth-order valence-corrected chi connectivity index (χ4v) is 3.81. The van der Waals surface area contributed by atoms with Gasteiger partial charge in [0.1, 0.15) is 0 Å². The number of morpholine rings is 1. The van der Waals surface area contributed by atoms with Crippen LogP contribution >= 0.6 is 0 Å². The van der Waals surface area contributed by atoms with Crippen molar-refractivity contribution in [1.29, 1.82) is 0 Å². The number of hydrogen-bond acceptors (Lipinski definition) is 6. The minimum absolute atomic E-state index is 0.116. The SMILES string of the molecule is COc1cccc(CNc2ccc(N3CCOCC3)cc2)c1OCC(=O)Nc1ccc(C)cc1. The Morgan fingerprint density at radius 3 is 2.38 bits per heavy atom. The van der Waals surface area contributed by atoms with E-state index < -0.39 is 0 Å². The molecule has 3 aromatic rings. The number of nitrogens with zero attached hydrogens (tertiary/aromatic N) is 1. The van der Waals surface area contributed by atoms with Gasteiger partial charge in [-0.2, -0.15) is 0 Å². The van der Waals surface area contributed by atoms with Crippen molar-refractivity contribution in [2.75, 3.05) is 55.6 Å². The summed E-state index contributed by atoms with van der Waals surface area (Å²) in [5.74, 6) is 0.916. The van der Waals surface area contributed by atoms with Crippen molar-refractivity contribution in [3.63, 3.8) is 0 Å². The Morgan fingerprint density at radius 2 is 1.68 bits per heavy atom. The van der Waals surface area contributed by atoms with Crippen LogP contribution in [-0.4, -0.2) is 45.9 Å². The highest BCUT2D eigenvalue weighted by Gasteiger charge is 2.14. The van der Waals surface area contributed by atoms with Crippen LogP contribution < -0.4 is 25.0 Å². The van der Waals surface area contributed by atoms with Gasteiger partial charge in [0, 0.05) is 42.3 Å². The molecular weight excluding hydrogens is 430 g/mol. The van der Waals surface area contributed by atoms with E-state index in [0.29, 0.717) is 18.0 Å². The lowest BCUT2D eigenvalue weighted by Crippen LogP contribution is -2.36. The molecule has 178 valence electrons. The Labute approximate surface area is 200 Å². The molecule has 4 rings (SSSR count). The molecule has 1 aliphatic heterocycles. The molecule has 0 radical (unpaired) electrons. The second-order valence-corrected chi connectivity index (χ2v) is 8.15. The Morgan fingerprint density at radius 1 is 0.971 bits per heavy atom. The van der Waals surface area contributed by atoms with Gasteiger partial charge in [0.05, 0.1) is 20.3 Å². The minimum Gasteiger partial charge on any atom is -0.493 e. The highest BCUT2D eigenvalue weighted by molar-refractivity contribution is 5.91. The molecule has 1 aliphatic rings. The average Bonchev–Trinajstić information content (AvgIpc) is 2.88. The van der Waals surface area contributed by atoms with Crippen LogP contribution in [0.1, 0.15) is 11.1 Å². The maximum atomic E-state index is 12.4. The summed E-state index contributed by atoms with van der Waals surface area (Å²) >= 11 is 0. The third kappa shape index (κ3) is 6.20. The topological polar surface area (TPSA) is 72.1 Å². The summed E-state index contributed by atoms with van der Waals surface area (Å²) in [6.45, 7) is 5.77. The highest BCUT2D eigenvalue weighted by atomic mass is 16.5. The van der Waals surface area contributed by atoms with Crippen molar-refractivity contribution >= 4 is 23.0 Å². The minimum atomic E-state index is -0.229. The largest absolute Gasteiger partial charge is 0.493 e. The van der Waals surface area contributed by atoms with Crippen molar-refractivity contribution in [3.8, 4) is 11.5 Å². The van der Waals surface area contributed by atoms with Crippen molar-refractivity contribution in [2.24, 2.45) is 0 Å². The Bertz CT molecular complexity index is 1080. The van der Waals surface area contributed by atoms with Crippen molar-refractivity contribution in [3.05, 3.63) is 77.9 Å². The van der Waals surface area contributed by atoms with Gasteiger partial charge >= 0.3 is 0 Å². The van der Waals surface area contributed by atoms with E-state index in [-0.39, 0.29) is 12.5 Å². The van der Waals surface area contributed by atoms with Crippen LogP contribution in [-0.2, 0) is 16.1 Å². The molecule has 34 heavy (non-hydrogen) atoms. The molecule has 1 saturated heterocycles. The number of para-hydroxylation sites is 1. The zero-order valence-electron chi connectivity index (χ0n) is 19.7. The number of nitrogens with one attached hydrogen (secondary N) is 2. The van der Waals surface area contributed by atoms with E-state index in [1.807, 2.05) is 49.4 Å². The summed E-state index contributed by atoms with van der Waals surface area (Å²) in [6.07, 6.45) is 0. The van der Waals surface area contributed by atoms with Gasteiger partial charge in [-0.15, -0.1) is 0 Å². The molecule has 1 heterocycles. The zero-order valence-corrected chi connectivity index (χ0v) is 19.7. The number of benzene rings is 3. The molecule has 0 aliphatic carbocycles. The van der Waals surface area contributed by atoms with Crippen LogP contribution in [0.2, 0.25) is 0 Å². The molecule has 0 atom stereocenters. The lowest BCUT2D eigenvalue weighted by atomic mass is 10.1. The predicted octanol–water partition coefficient (Wildman–Crippen LogP) is 4.47. The van der Waals surface area contributed by atoms with Crippen LogP contribution in [0.3, 0.4) is 0 Å².